The molecule has 0 saturated carbocycles. The molecule has 0 atom stereocenters. The zero-order valence-corrected chi connectivity index (χ0v) is 31.0. The Bertz CT molecular complexity index is 3160. The maximum absolute atomic E-state index is 2.47. The lowest BCUT2D eigenvalue weighted by Crippen LogP contribution is -2.14. The second kappa shape index (κ2) is 12.1. The molecule has 11 rings (SSSR count). The van der Waals surface area contributed by atoms with Crippen molar-refractivity contribution in [2.24, 2.45) is 0 Å². The van der Waals surface area contributed by atoms with Gasteiger partial charge in [-0.1, -0.05) is 190 Å². The summed E-state index contributed by atoms with van der Waals surface area (Å²) in [5, 5.41) is 10.1. The van der Waals surface area contributed by atoms with Crippen LogP contribution in [0.4, 0.5) is 0 Å². The summed E-state index contributed by atoms with van der Waals surface area (Å²) >= 11 is 0. The Morgan fingerprint density at radius 3 is 1.67 bits per heavy atom. The lowest BCUT2D eigenvalue weighted by molar-refractivity contribution is 0.660. The van der Waals surface area contributed by atoms with Crippen molar-refractivity contribution >= 4 is 43.1 Å². The number of rotatable bonds is 4. The number of hydrogen-bond donors (Lipinski definition) is 0. The Labute approximate surface area is 322 Å². The molecule has 0 radical (unpaired) electrons. The van der Waals surface area contributed by atoms with Crippen molar-refractivity contribution in [1.29, 1.82) is 0 Å². The monoisotopic (exact) mass is 698 g/mol. The van der Waals surface area contributed by atoms with Crippen LogP contribution in [-0.4, -0.2) is 0 Å². The SMILES string of the molecule is CC1(C)c2ccccc2-c2cc(-c3c4ccccc4c(-c4ccc(-c5ccc6ccccc6c5)c5ccccc45)c4ccc(-c5ccccc5)cc34)ccc21. The summed E-state index contributed by atoms with van der Waals surface area (Å²) in [4.78, 5) is 0. The third-order valence-electron chi connectivity index (χ3n) is 12.3. The van der Waals surface area contributed by atoms with Gasteiger partial charge in [0.15, 0.2) is 0 Å². The van der Waals surface area contributed by atoms with Gasteiger partial charge in [-0.2, -0.15) is 0 Å². The van der Waals surface area contributed by atoms with Crippen molar-refractivity contribution in [2.45, 2.75) is 19.3 Å². The van der Waals surface area contributed by atoms with Crippen molar-refractivity contribution in [3.63, 3.8) is 0 Å². The minimum Gasteiger partial charge on any atom is -0.0622 e. The molecule has 0 amide bonds. The van der Waals surface area contributed by atoms with Crippen LogP contribution < -0.4 is 0 Å². The highest BCUT2D eigenvalue weighted by Gasteiger charge is 2.35. The Morgan fingerprint density at radius 1 is 0.273 bits per heavy atom. The van der Waals surface area contributed by atoms with E-state index in [0.29, 0.717) is 0 Å². The smallest absolute Gasteiger partial charge is 0.0158 e. The Kier molecular flexibility index (Phi) is 7.00. The van der Waals surface area contributed by atoms with Crippen molar-refractivity contribution in [3.05, 3.63) is 205 Å². The maximum atomic E-state index is 2.47. The van der Waals surface area contributed by atoms with Crippen LogP contribution in [0.5, 0.6) is 0 Å². The van der Waals surface area contributed by atoms with Gasteiger partial charge in [0, 0.05) is 5.41 Å². The molecule has 1 aliphatic carbocycles. The fourth-order valence-corrected chi connectivity index (χ4v) is 9.59. The van der Waals surface area contributed by atoms with Gasteiger partial charge in [-0.15, -0.1) is 0 Å². The predicted octanol–water partition coefficient (Wildman–Crippen LogP) is 15.3. The van der Waals surface area contributed by atoms with E-state index in [9.17, 15) is 0 Å². The van der Waals surface area contributed by atoms with E-state index in [1.165, 1.54) is 110 Å². The summed E-state index contributed by atoms with van der Waals surface area (Å²) < 4.78 is 0. The molecule has 10 aromatic rings. The number of fused-ring (bicyclic) bond motifs is 7. The first-order chi connectivity index (χ1) is 27.0. The van der Waals surface area contributed by atoms with E-state index in [1.807, 2.05) is 0 Å². The lowest BCUT2D eigenvalue weighted by Gasteiger charge is -2.22. The third kappa shape index (κ3) is 4.85. The summed E-state index contributed by atoms with van der Waals surface area (Å²) in [5.74, 6) is 0. The van der Waals surface area contributed by atoms with Gasteiger partial charge in [-0.05, 0) is 128 Å². The van der Waals surface area contributed by atoms with Crippen LogP contribution in [0.25, 0.3) is 98.7 Å². The zero-order chi connectivity index (χ0) is 36.7. The standard InChI is InChI=1S/C55H38/c1-55(2)51-23-13-12-20-44(51)49-34-40(27-31-52(49)55)53-45-21-10-11-22-46(45)54(48-28-26-38(33-50(48)53)35-14-4-3-5-15-35)47-30-29-41(42-18-8-9-19-43(42)47)39-25-24-36-16-6-7-17-37(36)32-39/h3-34H,1-2H3. The fourth-order valence-electron chi connectivity index (χ4n) is 9.59. The molecule has 0 aliphatic heterocycles. The molecule has 258 valence electrons. The average molecular weight is 699 g/mol. The summed E-state index contributed by atoms with van der Waals surface area (Å²) in [5.41, 5.74) is 15.4. The Morgan fingerprint density at radius 2 is 0.855 bits per heavy atom. The van der Waals surface area contributed by atoms with E-state index < -0.39 is 0 Å². The first-order valence-electron chi connectivity index (χ1n) is 19.3. The lowest BCUT2D eigenvalue weighted by atomic mass is 9.81. The first kappa shape index (κ1) is 31.7. The third-order valence-corrected chi connectivity index (χ3v) is 12.3. The number of hydrogen-bond acceptors (Lipinski definition) is 0. The summed E-state index contributed by atoms with van der Waals surface area (Å²) in [7, 11) is 0. The van der Waals surface area contributed by atoms with Crippen LogP contribution in [0.2, 0.25) is 0 Å². The van der Waals surface area contributed by atoms with Crippen LogP contribution in [0, 0.1) is 0 Å². The highest BCUT2D eigenvalue weighted by atomic mass is 14.4. The first-order valence-corrected chi connectivity index (χ1v) is 19.3. The van der Waals surface area contributed by atoms with Gasteiger partial charge in [-0.25, -0.2) is 0 Å². The summed E-state index contributed by atoms with van der Waals surface area (Å²) in [6.45, 7) is 4.72. The molecular weight excluding hydrogens is 661 g/mol. The van der Waals surface area contributed by atoms with Gasteiger partial charge >= 0.3 is 0 Å². The average Bonchev–Trinajstić information content (AvgIpc) is 3.47. The molecule has 0 fully saturated rings. The van der Waals surface area contributed by atoms with Crippen LogP contribution >= 0.6 is 0 Å². The van der Waals surface area contributed by atoms with Crippen LogP contribution in [0.15, 0.2) is 194 Å². The zero-order valence-electron chi connectivity index (χ0n) is 31.0. The van der Waals surface area contributed by atoms with Gasteiger partial charge in [-0.3, -0.25) is 0 Å². The molecule has 1 aliphatic rings. The predicted molar refractivity (Wildman–Crippen MR) is 236 cm³/mol. The number of benzene rings is 10. The molecule has 0 spiro atoms. The molecule has 0 heterocycles. The van der Waals surface area contributed by atoms with E-state index in [4.69, 9.17) is 0 Å². The topological polar surface area (TPSA) is 0 Å². The van der Waals surface area contributed by atoms with E-state index >= 15 is 0 Å². The van der Waals surface area contributed by atoms with Crippen molar-refractivity contribution in [3.8, 4) is 55.6 Å². The fraction of sp³-hybridized carbons (Fsp3) is 0.0545. The normalized spacial score (nSPS) is 13.1. The molecular formula is C55H38. The summed E-state index contributed by atoms with van der Waals surface area (Å²) in [6, 6.07) is 72.3. The Hall–Kier alpha value is -6.76. The highest BCUT2D eigenvalue weighted by molar-refractivity contribution is 6.24. The largest absolute Gasteiger partial charge is 0.0622 e. The maximum Gasteiger partial charge on any atom is 0.0158 e. The molecule has 55 heavy (non-hydrogen) atoms. The molecule has 10 aromatic carbocycles. The van der Waals surface area contributed by atoms with Crippen LogP contribution in [-0.2, 0) is 5.41 Å². The Balaban J connectivity index is 1.21. The quantitative estimate of drug-likeness (QED) is 0.161. The molecule has 0 nitrogen and oxygen atoms in total. The van der Waals surface area contributed by atoms with Crippen LogP contribution in [0.1, 0.15) is 25.0 Å². The van der Waals surface area contributed by atoms with E-state index in [0.717, 1.165) is 0 Å². The molecule has 0 unspecified atom stereocenters. The second-order valence-corrected chi connectivity index (χ2v) is 15.6. The van der Waals surface area contributed by atoms with Crippen LogP contribution in [0.3, 0.4) is 0 Å². The van der Waals surface area contributed by atoms with Crippen molar-refractivity contribution in [1.82, 2.24) is 0 Å². The van der Waals surface area contributed by atoms with Crippen molar-refractivity contribution in [2.75, 3.05) is 0 Å². The van der Waals surface area contributed by atoms with Gasteiger partial charge in [0.25, 0.3) is 0 Å². The van der Waals surface area contributed by atoms with Gasteiger partial charge in [0.1, 0.15) is 0 Å². The second-order valence-electron chi connectivity index (χ2n) is 15.6. The molecule has 0 N–H and O–H groups in total. The van der Waals surface area contributed by atoms with E-state index in [1.54, 1.807) is 0 Å². The van der Waals surface area contributed by atoms with E-state index in [2.05, 4.69) is 208 Å². The molecule has 0 saturated heterocycles. The van der Waals surface area contributed by atoms with E-state index in [-0.39, 0.29) is 5.41 Å². The molecule has 0 bridgehead atoms. The minimum atomic E-state index is -0.0427. The highest BCUT2D eigenvalue weighted by Crippen LogP contribution is 2.52. The molecule has 0 aromatic heterocycles. The summed E-state index contributed by atoms with van der Waals surface area (Å²) in [6.07, 6.45) is 0. The van der Waals surface area contributed by atoms with Gasteiger partial charge < -0.3 is 0 Å². The van der Waals surface area contributed by atoms with Gasteiger partial charge in [0.2, 0.25) is 0 Å². The minimum absolute atomic E-state index is 0.0427. The molecule has 0 heteroatoms. The van der Waals surface area contributed by atoms with Gasteiger partial charge in [0.05, 0.1) is 0 Å². The van der Waals surface area contributed by atoms with Crippen molar-refractivity contribution < 1.29 is 0 Å².